The summed E-state index contributed by atoms with van der Waals surface area (Å²) in [6, 6.07) is 3.54. The molecule has 2 aliphatic carbocycles. The third-order valence-electron chi connectivity index (χ3n) is 6.79. The summed E-state index contributed by atoms with van der Waals surface area (Å²) in [6.07, 6.45) is 11.5. The Morgan fingerprint density at radius 3 is 2.80 bits per heavy atom. The first-order chi connectivity index (χ1) is 12.1. The van der Waals surface area contributed by atoms with Crippen molar-refractivity contribution >= 4 is 5.91 Å². The number of nitrogens with zero attached hydrogens (tertiary/aromatic N) is 1. The van der Waals surface area contributed by atoms with E-state index in [-0.39, 0.29) is 11.4 Å². The number of hydrogen-bond donors (Lipinski definition) is 2. The number of amides is 1. The highest BCUT2D eigenvalue weighted by Gasteiger charge is 2.42. The lowest BCUT2D eigenvalue weighted by molar-refractivity contribution is 0.0705. The quantitative estimate of drug-likeness (QED) is 0.632. The van der Waals surface area contributed by atoms with Gasteiger partial charge in [-0.25, -0.2) is 9.87 Å². The van der Waals surface area contributed by atoms with Crippen molar-refractivity contribution in [2.24, 2.45) is 5.41 Å². The molecule has 1 atom stereocenters. The molecular weight excluding hydrogens is 319 g/mol. The minimum atomic E-state index is -0.654. The molecule has 1 aromatic rings. The molecule has 2 N–H and O–H groups in total. The van der Waals surface area contributed by atoms with Crippen molar-refractivity contribution in [3.63, 3.8) is 0 Å². The van der Waals surface area contributed by atoms with Crippen LogP contribution in [0.3, 0.4) is 0 Å². The Hall–Kier alpha value is -1.46. The van der Waals surface area contributed by atoms with Gasteiger partial charge in [0.1, 0.15) is 5.82 Å². The molecule has 1 amide bonds. The van der Waals surface area contributed by atoms with Crippen molar-refractivity contribution < 1.29 is 14.4 Å². The van der Waals surface area contributed by atoms with E-state index in [0.29, 0.717) is 18.0 Å². The highest BCUT2D eigenvalue weighted by atomic mass is 19.1. The fourth-order valence-electron chi connectivity index (χ4n) is 5.39. The fraction of sp³-hybridized carbons (Fsp3) is 0.650. The summed E-state index contributed by atoms with van der Waals surface area (Å²) in [4.78, 5) is 14.0. The number of hydroxylamine groups is 1. The first-order valence-corrected chi connectivity index (χ1v) is 9.60. The predicted octanol–water partition coefficient (Wildman–Crippen LogP) is 3.81. The number of carbonyl (C=O) groups is 1. The third kappa shape index (κ3) is 3.20. The van der Waals surface area contributed by atoms with Crippen LogP contribution in [0.1, 0.15) is 72.9 Å². The van der Waals surface area contributed by atoms with Crippen molar-refractivity contribution in [1.29, 1.82) is 0 Å². The summed E-state index contributed by atoms with van der Waals surface area (Å²) in [6.45, 7) is 1.57. The molecule has 0 unspecified atom stereocenters. The van der Waals surface area contributed by atoms with Crippen LogP contribution in [0.5, 0.6) is 0 Å². The molecule has 0 bridgehead atoms. The van der Waals surface area contributed by atoms with E-state index in [2.05, 4.69) is 4.90 Å². The van der Waals surface area contributed by atoms with Crippen molar-refractivity contribution in [2.45, 2.75) is 70.4 Å². The van der Waals surface area contributed by atoms with Crippen molar-refractivity contribution in [3.05, 3.63) is 34.6 Å². The summed E-state index contributed by atoms with van der Waals surface area (Å²) in [7, 11) is 0. The molecule has 4 rings (SSSR count). The van der Waals surface area contributed by atoms with Crippen LogP contribution in [-0.2, 0) is 13.0 Å². The Labute approximate surface area is 148 Å². The average Bonchev–Trinajstić information content (AvgIpc) is 3.04. The standard InChI is InChI=1S/C20H27FN2O2/c21-18-11-15(19(24)22-25)10-14-5-9-23(13-17(14)18)16-4-8-20(12-16)6-2-1-3-7-20/h10-11,16,25H,1-9,12-13H2,(H,22,24)/t16-/m1/s1. The van der Waals surface area contributed by atoms with Gasteiger partial charge in [-0.15, -0.1) is 0 Å². The van der Waals surface area contributed by atoms with Crippen LogP contribution >= 0.6 is 0 Å². The average molecular weight is 346 g/mol. The number of rotatable bonds is 2. The van der Waals surface area contributed by atoms with Crippen LogP contribution in [0.4, 0.5) is 4.39 Å². The summed E-state index contributed by atoms with van der Waals surface area (Å²) in [5.41, 5.74) is 3.97. The molecule has 136 valence electrons. The molecule has 4 nitrogen and oxygen atoms in total. The normalized spacial score (nSPS) is 25.8. The van der Waals surface area contributed by atoms with Crippen LogP contribution in [-0.4, -0.2) is 28.6 Å². The van der Waals surface area contributed by atoms with Gasteiger partial charge in [-0.05, 0) is 61.6 Å². The maximum atomic E-state index is 14.5. The third-order valence-corrected chi connectivity index (χ3v) is 6.79. The van der Waals surface area contributed by atoms with Crippen LogP contribution in [0, 0.1) is 11.2 Å². The van der Waals surface area contributed by atoms with Crippen molar-refractivity contribution in [3.8, 4) is 0 Å². The first kappa shape index (κ1) is 17.0. The number of nitrogens with one attached hydrogen (secondary N) is 1. The monoisotopic (exact) mass is 346 g/mol. The Balaban J connectivity index is 1.49. The van der Waals surface area contributed by atoms with E-state index in [1.165, 1.54) is 57.4 Å². The Morgan fingerprint density at radius 1 is 1.24 bits per heavy atom. The lowest BCUT2D eigenvalue weighted by atomic mass is 9.73. The number of carbonyl (C=O) groups excluding carboxylic acids is 1. The summed E-state index contributed by atoms with van der Waals surface area (Å²) < 4.78 is 14.5. The van der Waals surface area contributed by atoms with Crippen LogP contribution in [0.2, 0.25) is 0 Å². The number of halogens is 1. The summed E-state index contributed by atoms with van der Waals surface area (Å²) in [5.74, 6) is -0.981. The minimum absolute atomic E-state index is 0.189. The molecule has 3 aliphatic rings. The van der Waals surface area contributed by atoms with Gasteiger partial charge < -0.3 is 0 Å². The van der Waals surface area contributed by atoms with Crippen LogP contribution in [0.15, 0.2) is 12.1 Å². The highest BCUT2D eigenvalue weighted by Crippen LogP contribution is 2.50. The number of fused-ring (bicyclic) bond motifs is 1. The van der Waals surface area contributed by atoms with E-state index in [4.69, 9.17) is 5.21 Å². The minimum Gasteiger partial charge on any atom is -0.296 e. The molecule has 5 heteroatoms. The maximum absolute atomic E-state index is 14.5. The summed E-state index contributed by atoms with van der Waals surface area (Å²) in [5, 5.41) is 8.76. The van der Waals surface area contributed by atoms with Gasteiger partial charge in [-0.3, -0.25) is 14.9 Å². The molecule has 1 heterocycles. The Kier molecular flexibility index (Phi) is 4.54. The predicted molar refractivity (Wildman–Crippen MR) is 92.9 cm³/mol. The van der Waals surface area contributed by atoms with Gasteiger partial charge in [0.15, 0.2) is 0 Å². The van der Waals surface area contributed by atoms with Crippen molar-refractivity contribution in [1.82, 2.24) is 10.4 Å². The summed E-state index contributed by atoms with van der Waals surface area (Å²) >= 11 is 0. The van der Waals surface area contributed by atoms with E-state index in [1.807, 2.05) is 0 Å². The molecule has 1 spiro atoms. The number of hydrogen-bond acceptors (Lipinski definition) is 3. The second-order valence-corrected chi connectivity index (χ2v) is 8.21. The zero-order valence-electron chi connectivity index (χ0n) is 14.7. The molecule has 25 heavy (non-hydrogen) atoms. The molecule has 1 aliphatic heterocycles. The first-order valence-electron chi connectivity index (χ1n) is 9.60. The smallest absolute Gasteiger partial charge is 0.274 e. The van der Waals surface area contributed by atoms with Crippen LogP contribution < -0.4 is 5.48 Å². The molecular formula is C20H27FN2O2. The van der Waals surface area contributed by atoms with E-state index < -0.39 is 5.91 Å². The van der Waals surface area contributed by atoms with E-state index in [0.717, 1.165) is 24.1 Å². The number of benzene rings is 1. The highest BCUT2D eigenvalue weighted by molar-refractivity contribution is 5.93. The van der Waals surface area contributed by atoms with Gasteiger partial charge in [0.25, 0.3) is 5.91 Å². The maximum Gasteiger partial charge on any atom is 0.274 e. The van der Waals surface area contributed by atoms with Crippen molar-refractivity contribution in [2.75, 3.05) is 6.54 Å². The van der Waals surface area contributed by atoms with Gasteiger partial charge in [-0.2, -0.15) is 0 Å². The zero-order chi connectivity index (χ0) is 17.4. The van der Waals surface area contributed by atoms with Gasteiger partial charge >= 0.3 is 0 Å². The largest absolute Gasteiger partial charge is 0.296 e. The Morgan fingerprint density at radius 2 is 2.04 bits per heavy atom. The van der Waals surface area contributed by atoms with Gasteiger partial charge in [-0.1, -0.05) is 19.3 Å². The second-order valence-electron chi connectivity index (χ2n) is 8.21. The molecule has 1 aromatic carbocycles. The lowest BCUT2D eigenvalue weighted by Gasteiger charge is -2.37. The second kappa shape index (κ2) is 6.69. The molecule has 0 saturated heterocycles. The van der Waals surface area contributed by atoms with Gasteiger partial charge in [0.2, 0.25) is 0 Å². The molecule has 2 saturated carbocycles. The molecule has 2 fully saturated rings. The molecule has 0 aromatic heterocycles. The Bertz CT molecular complexity index is 670. The van der Waals surface area contributed by atoms with Gasteiger partial charge in [0.05, 0.1) is 0 Å². The topological polar surface area (TPSA) is 52.6 Å². The van der Waals surface area contributed by atoms with E-state index in [1.54, 1.807) is 11.5 Å². The lowest BCUT2D eigenvalue weighted by Crippen LogP contribution is -2.39. The van der Waals surface area contributed by atoms with E-state index in [9.17, 15) is 9.18 Å². The fourth-order valence-corrected chi connectivity index (χ4v) is 5.39. The zero-order valence-corrected chi connectivity index (χ0v) is 14.7. The van der Waals surface area contributed by atoms with E-state index >= 15 is 0 Å². The van der Waals surface area contributed by atoms with Crippen LogP contribution in [0.25, 0.3) is 0 Å². The SMILES string of the molecule is O=C(NO)c1cc(F)c2c(c1)CCN([C@@H]1CCC3(CCCCC3)C1)C2. The van der Waals surface area contributed by atoms with Gasteiger partial charge in [0, 0.05) is 30.3 Å². The molecule has 0 radical (unpaired) electrons.